The zero-order valence-electron chi connectivity index (χ0n) is 14.9. The van der Waals surface area contributed by atoms with Crippen LogP contribution in [-0.4, -0.2) is 27.2 Å². The molecule has 0 unspecified atom stereocenters. The van der Waals surface area contributed by atoms with Crippen LogP contribution in [-0.2, 0) is 11.0 Å². The van der Waals surface area contributed by atoms with Crippen LogP contribution in [0, 0.1) is 0 Å². The lowest BCUT2D eigenvalue weighted by Crippen LogP contribution is -2.30. The molecule has 0 saturated carbocycles. The minimum atomic E-state index is -4.53. The lowest BCUT2D eigenvalue weighted by atomic mass is 10.1. The standard InChI is InChI=1S/C19H18F3N5O/c1-13(14-5-3-2-4-6-14)24-10-18(28)26-16-9-15(19(20,21)22)7-8-17(16)27-12-23-11-25-27/h2-9,11-13,24H,10H2,1H3,(H,26,28)/t13-/m0/s1. The van der Waals surface area contributed by atoms with E-state index in [1.807, 2.05) is 37.3 Å². The first-order valence-electron chi connectivity index (χ1n) is 8.49. The molecule has 3 rings (SSSR count). The van der Waals surface area contributed by atoms with Crippen molar-refractivity contribution in [3.05, 3.63) is 72.3 Å². The van der Waals surface area contributed by atoms with Crippen molar-refractivity contribution in [3.63, 3.8) is 0 Å². The van der Waals surface area contributed by atoms with Crippen molar-refractivity contribution in [2.75, 3.05) is 11.9 Å². The van der Waals surface area contributed by atoms with Crippen LogP contribution < -0.4 is 10.6 Å². The molecule has 0 aliphatic rings. The van der Waals surface area contributed by atoms with E-state index in [1.165, 1.54) is 23.4 Å². The Labute approximate surface area is 159 Å². The molecular formula is C19H18F3N5O. The SMILES string of the molecule is C[C@H](NCC(=O)Nc1cc(C(F)(F)F)ccc1-n1cncn1)c1ccccc1. The maximum absolute atomic E-state index is 13.1. The third-order valence-corrected chi connectivity index (χ3v) is 4.13. The summed E-state index contributed by atoms with van der Waals surface area (Å²) in [7, 11) is 0. The number of nitrogens with one attached hydrogen (secondary N) is 2. The van der Waals surface area contributed by atoms with Crippen molar-refractivity contribution >= 4 is 11.6 Å². The topological polar surface area (TPSA) is 71.8 Å². The molecular weight excluding hydrogens is 371 g/mol. The highest BCUT2D eigenvalue weighted by Gasteiger charge is 2.31. The number of halogens is 3. The summed E-state index contributed by atoms with van der Waals surface area (Å²) in [6.07, 6.45) is -1.93. The van der Waals surface area contributed by atoms with Gasteiger partial charge >= 0.3 is 6.18 Å². The molecule has 6 nitrogen and oxygen atoms in total. The van der Waals surface area contributed by atoms with E-state index in [1.54, 1.807) is 0 Å². The number of rotatable bonds is 6. The maximum atomic E-state index is 13.1. The second kappa shape index (κ2) is 8.22. The van der Waals surface area contributed by atoms with Gasteiger partial charge in [-0.2, -0.15) is 18.3 Å². The number of carbonyl (C=O) groups excluding carboxylic acids is 1. The van der Waals surface area contributed by atoms with Gasteiger partial charge in [-0.25, -0.2) is 9.67 Å². The zero-order valence-corrected chi connectivity index (χ0v) is 14.9. The van der Waals surface area contributed by atoms with Gasteiger partial charge in [0.15, 0.2) is 0 Å². The first-order valence-corrected chi connectivity index (χ1v) is 8.49. The van der Waals surface area contributed by atoms with E-state index in [9.17, 15) is 18.0 Å². The third kappa shape index (κ3) is 4.74. The average molecular weight is 389 g/mol. The predicted molar refractivity (Wildman–Crippen MR) is 97.9 cm³/mol. The van der Waals surface area contributed by atoms with Crippen molar-refractivity contribution < 1.29 is 18.0 Å². The molecule has 1 aromatic heterocycles. The normalized spacial score (nSPS) is 12.6. The van der Waals surface area contributed by atoms with Crippen LogP contribution in [0.2, 0.25) is 0 Å². The number of aromatic nitrogens is 3. The van der Waals surface area contributed by atoms with Gasteiger partial charge in [-0.05, 0) is 30.7 Å². The second-order valence-corrected chi connectivity index (χ2v) is 6.13. The third-order valence-electron chi connectivity index (χ3n) is 4.13. The fourth-order valence-electron chi connectivity index (χ4n) is 2.64. The Bertz CT molecular complexity index is 926. The molecule has 0 bridgehead atoms. The number of amides is 1. The number of nitrogens with zero attached hydrogens (tertiary/aromatic N) is 3. The lowest BCUT2D eigenvalue weighted by molar-refractivity contribution is -0.137. The number of benzene rings is 2. The molecule has 0 aliphatic carbocycles. The number of alkyl halides is 3. The maximum Gasteiger partial charge on any atom is 0.416 e. The molecule has 0 aliphatic heterocycles. The summed E-state index contributed by atoms with van der Waals surface area (Å²) in [5, 5.41) is 9.49. The summed E-state index contributed by atoms with van der Waals surface area (Å²) in [4.78, 5) is 16.1. The van der Waals surface area contributed by atoms with Gasteiger partial charge in [0.1, 0.15) is 12.7 Å². The molecule has 3 aromatic rings. The van der Waals surface area contributed by atoms with Gasteiger partial charge in [-0.1, -0.05) is 30.3 Å². The van der Waals surface area contributed by atoms with Gasteiger partial charge in [0.2, 0.25) is 5.91 Å². The molecule has 0 fully saturated rings. The van der Waals surface area contributed by atoms with Crippen molar-refractivity contribution in [2.45, 2.75) is 19.1 Å². The quantitative estimate of drug-likeness (QED) is 0.676. The smallest absolute Gasteiger partial charge is 0.323 e. The Kier molecular flexibility index (Phi) is 5.74. The van der Waals surface area contributed by atoms with Crippen molar-refractivity contribution in [2.24, 2.45) is 0 Å². The molecule has 0 saturated heterocycles. The largest absolute Gasteiger partial charge is 0.416 e. The molecule has 1 heterocycles. The van der Waals surface area contributed by atoms with Gasteiger partial charge in [0, 0.05) is 6.04 Å². The Morgan fingerprint density at radius 3 is 2.57 bits per heavy atom. The molecule has 1 amide bonds. The summed E-state index contributed by atoms with van der Waals surface area (Å²) >= 11 is 0. The minimum Gasteiger partial charge on any atom is -0.323 e. The number of hydrogen-bond acceptors (Lipinski definition) is 4. The van der Waals surface area contributed by atoms with Gasteiger partial charge in [0.05, 0.1) is 23.5 Å². The molecule has 9 heteroatoms. The fraction of sp³-hybridized carbons (Fsp3) is 0.211. The van der Waals surface area contributed by atoms with E-state index in [0.29, 0.717) is 0 Å². The summed E-state index contributed by atoms with van der Waals surface area (Å²) < 4.78 is 40.5. The van der Waals surface area contributed by atoms with E-state index in [2.05, 4.69) is 20.7 Å². The Morgan fingerprint density at radius 1 is 1.18 bits per heavy atom. The zero-order chi connectivity index (χ0) is 20.1. The van der Waals surface area contributed by atoms with Crippen molar-refractivity contribution in [1.82, 2.24) is 20.1 Å². The Hall–Kier alpha value is -3.20. The van der Waals surface area contributed by atoms with Crippen LogP contribution >= 0.6 is 0 Å². The van der Waals surface area contributed by atoms with Crippen LogP contribution in [0.5, 0.6) is 0 Å². The highest BCUT2D eigenvalue weighted by molar-refractivity contribution is 5.94. The van der Waals surface area contributed by atoms with Crippen LogP contribution in [0.1, 0.15) is 24.1 Å². The molecule has 28 heavy (non-hydrogen) atoms. The van der Waals surface area contributed by atoms with Crippen LogP contribution in [0.15, 0.2) is 61.2 Å². The van der Waals surface area contributed by atoms with Crippen LogP contribution in [0.4, 0.5) is 18.9 Å². The summed E-state index contributed by atoms with van der Waals surface area (Å²) in [5.74, 6) is -0.469. The highest BCUT2D eigenvalue weighted by Crippen LogP contribution is 2.33. The van der Waals surface area contributed by atoms with Crippen molar-refractivity contribution in [3.8, 4) is 5.69 Å². The molecule has 1 atom stereocenters. The van der Waals surface area contributed by atoms with Gasteiger partial charge in [0.25, 0.3) is 0 Å². The van der Waals surface area contributed by atoms with Gasteiger partial charge in [-0.15, -0.1) is 0 Å². The van der Waals surface area contributed by atoms with E-state index in [-0.39, 0.29) is 24.0 Å². The summed E-state index contributed by atoms with van der Waals surface area (Å²) in [6.45, 7) is 1.83. The van der Waals surface area contributed by atoms with Crippen LogP contribution in [0.25, 0.3) is 5.69 Å². The summed E-state index contributed by atoms with van der Waals surface area (Å²) in [5.41, 5.74) is 0.421. The fourth-order valence-corrected chi connectivity index (χ4v) is 2.64. The number of hydrogen-bond donors (Lipinski definition) is 2. The van der Waals surface area contributed by atoms with Crippen LogP contribution in [0.3, 0.4) is 0 Å². The molecule has 2 aromatic carbocycles. The number of carbonyl (C=O) groups is 1. The molecule has 0 spiro atoms. The molecule has 0 radical (unpaired) electrons. The lowest BCUT2D eigenvalue weighted by Gasteiger charge is -2.16. The van der Waals surface area contributed by atoms with E-state index in [4.69, 9.17) is 0 Å². The highest BCUT2D eigenvalue weighted by atomic mass is 19.4. The Balaban J connectivity index is 1.75. The number of anilines is 1. The summed E-state index contributed by atoms with van der Waals surface area (Å²) in [6, 6.07) is 12.5. The minimum absolute atomic E-state index is 0.000473. The first kappa shape index (κ1) is 19.6. The van der Waals surface area contributed by atoms with Gasteiger partial charge < -0.3 is 10.6 Å². The average Bonchev–Trinajstić information content (AvgIpc) is 3.20. The van der Waals surface area contributed by atoms with E-state index >= 15 is 0 Å². The van der Waals surface area contributed by atoms with Crippen molar-refractivity contribution in [1.29, 1.82) is 0 Å². The molecule has 146 valence electrons. The Morgan fingerprint density at radius 2 is 1.93 bits per heavy atom. The van der Waals surface area contributed by atoms with E-state index < -0.39 is 17.6 Å². The second-order valence-electron chi connectivity index (χ2n) is 6.13. The molecule has 2 N–H and O–H groups in total. The van der Waals surface area contributed by atoms with E-state index in [0.717, 1.165) is 17.7 Å². The predicted octanol–water partition coefficient (Wildman–Crippen LogP) is 3.58. The first-order chi connectivity index (χ1) is 13.3. The van der Waals surface area contributed by atoms with Gasteiger partial charge in [-0.3, -0.25) is 4.79 Å². The monoisotopic (exact) mass is 389 g/mol.